The van der Waals surface area contributed by atoms with E-state index in [0.29, 0.717) is 17.1 Å². The number of hydrogen-bond acceptors (Lipinski definition) is 3. The molecular weight excluding hydrogens is 376 g/mol. The van der Waals surface area contributed by atoms with Crippen LogP contribution in [-0.4, -0.2) is 17.6 Å². The number of nitrogens with one attached hydrogen (secondary N) is 2. The lowest BCUT2D eigenvalue weighted by Gasteiger charge is -2.09. The number of thioether (sulfide) groups is 1. The molecule has 2 N–H and O–H groups in total. The first kappa shape index (κ1) is 17.6. The Morgan fingerprint density at radius 3 is 2.43 bits per heavy atom. The van der Waals surface area contributed by atoms with Gasteiger partial charge in [-0.2, -0.15) is 0 Å². The van der Waals surface area contributed by atoms with Crippen LogP contribution in [0.4, 0.5) is 11.4 Å². The van der Waals surface area contributed by atoms with Crippen LogP contribution < -0.4 is 10.6 Å². The molecule has 0 spiro atoms. The fourth-order valence-corrected chi connectivity index (χ4v) is 3.28. The Labute approximate surface area is 148 Å². The van der Waals surface area contributed by atoms with Gasteiger partial charge in [0.25, 0.3) is 0 Å². The number of carbonyl (C=O) groups excluding carboxylic acids is 2. The minimum absolute atomic E-state index is 0.0858. The highest BCUT2D eigenvalue weighted by atomic mass is 79.9. The van der Waals surface area contributed by atoms with Crippen LogP contribution in [0.5, 0.6) is 0 Å². The van der Waals surface area contributed by atoms with Crippen molar-refractivity contribution in [3.05, 3.63) is 52.5 Å². The first-order chi connectivity index (χ1) is 10.9. The van der Waals surface area contributed by atoms with Crippen LogP contribution in [0.1, 0.15) is 12.5 Å². The Balaban J connectivity index is 1.93. The van der Waals surface area contributed by atoms with Gasteiger partial charge in [-0.1, -0.05) is 22.0 Å². The fourth-order valence-electron chi connectivity index (χ4n) is 1.99. The Morgan fingerprint density at radius 2 is 1.78 bits per heavy atom. The number of anilines is 2. The topological polar surface area (TPSA) is 58.2 Å². The van der Waals surface area contributed by atoms with Gasteiger partial charge in [-0.25, -0.2) is 0 Å². The van der Waals surface area contributed by atoms with Crippen molar-refractivity contribution in [1.29, 1.82) is 0 Å². The summed E-state index contributed by atoms with van der Waals surface area (Å²) in [4.78, 5) is 24.2. The molecule has 0 heterocycles. The summed E-state index contributed by atoms with van der Waals surface area (Å²) < 4.78 is 1.03. The highest BCUT2D eigenvalue weighted by molar-refractivity contribution is 9.10. The number of rotatable bonds is 5. The number of aryl methyl sites for hydroxylation is 1. The zero-order valence-corrected chi connectivity index (χ0v) is 15.3. The summed E-state index contributed by atoms with van der Waals surface area (Å²) >= 11 is 4.92. The van der Waals surface area contributed by atoms with E-state index >= 15 is 0 Å². The molecule has 0 atom stereocenters. The fraction of sp³-hybridized carbons (Fsp3) is 0.176. The van der Waals surface area contributed by atoms with Gasteiger partial charge in [0.2, 0.25) is 11.8 Å². The third kappa shape index (κ3) is 5.73. The van der Waals surface area contributed by atoms with Gasteiger partial charge >= 0.3 is 0 Å². The molecule has 2 aromatic carbocycles. The minimum Gasteiger partial charge on any atom is -0.326 e. The molecule has 0 saturated carbocycles. The van der Waals surface area contributed by atoms with Crippen LogP contribution >= 0.6 is 27.7 Å². The van der Waals surface area contributed by atoms with Crippen LogP contribution in [0.3, 0.4) is 0 Å². The first-order valence-electron chi connectivity index (χ1n) is 7.00. The van der Waals surface area contributed by atoms with Crippen LogP contribution in [0.15, 0.2) is 51.8 Å². The van der Waals surface area contributed by atoms with Crippen molar-refractivity contribution >= 4 is 50.9 Å². The van der Waals surface area contributed by atoms with Crippen molar-refractivity contribution in [2.24, 2.45) is 0 Å². The van der Waals surface area contributed by atoms with E-state index in [-0.39, 0.29) is 11.8 Å². The SMILES string of the molecule is CC(=O)Nc1cccc(NC(=O)CSc2ccc(Br)cc2C)c1. The molecule has 2 aromatic rings. The molecule has 0 aliphatic heterocycles. The summed E-state index contributed by atoms with van der Waals surface area (Å²) in [5.74, 6) is 0.0966. The average molecular weight is 393 g/mol. The summed E-state index contributed by atoms with van der Waals surface area (Å²) in [5, 5.41) is 5.53. The molecule has 0 saturated heterocycles. The Hall–Kier alpha value is -1.79. The number of carbonyl (C=O) groups is 2. The van der Waals surface area contributed by atoms with Crippen LogP contribution in [0, 0.1) is 6.92 Å². The quantitative estimate of drug-likeness (QED) is 0.739. The normalized spacial score (nSPS) is 10.2. The molecule has 0 aliphatic rings. The summed E-state index contributed by atoms with van der Waals surface area (Å²) in [6.45, 7) is 3.46. The summed E-state index contributed by atoms with van der Waals surface area (Å²) in [7, 11) is 0. The molecule has 2 rings (SSSR count). The van der Waals surface area contributed by atoms with Crippen molar-refractivity contribution in [3.63, 3.8) is 0 Å². The molecule has 0 aromatic heterocycles. The van der Waals surface area contributed by atoms with Crippen molar-refractivity contribution in [1.82, 2.24) is 0 Å². The minimum atomic E-state index is -0.144. The largest absolute Gasteiger partial charge is 0.326 e. The monoisotopic (exact) mass is 392 g/mol. The Morgan fingerprint density at radius 1 is 1.09 bits per heavy atom. The molecule has 0 unspecified atom stereocenters. The maximum Gasteiger partial charge on any atom is 0.234 e. The number of benzene rings is 2. The van der Waals surface area contributed by atoms with E-state index in [1.807, 2.05) is 25.1 Å². The van der Waals surface area contributed by atoms with E-state index < -0.39 is 0 Å². The molecule has 0 aliphatic carbocycles. The van der Waals surface area contributed by atoms with Crippen LogP contribution in [0.25, 0.3) is 0 Å². The van der Waals surface area contributed by atoms with E-state index in [4.69, 9.17) is 0 Å². The van der Waals surface area contributed by atoms with Gasteiger partial charge in [-0.05, 0) is 48.9 Å². The van der Waals surface area contributed by atoms with Gasteiger partial charge in [-0.3, -0.25) is 9.59 Å². The summed E-state index contributed by atoms with van der Waals surface area (Å²) in [6.07, 6.45) is 0. The highest BCUT2D eigenvalue weighted by Crippen LogP contribution is 2.25. The lowest BCUT2D eigenvalue weighted by molar-refractivity contribution is -0.114. The standard InChI is InChI=1S/C17H17BrN2O2S/c1-11-8-13(18)6-7-16(11)23-10-17(22)20-15-5-3-4-14(9-15)19-12(2)21/h3-9H,10H2,1-2H3,(H,19,21)(H,20,22). The predicted molar refractivity (Wildman–Crippen MR) is 99.0 cm³/mol. The van der Waals surface area contributed by atoms with Crippen molar-refractivity contribution < 1.29 is 9.59 Å². The third-order valence-electron chi connectivity index (χ3n) is 2.96. The van der Waals surface area contributed by atoms with E-state index in [0.717, 1.165) is 14.9 Å². The van der Waals surface area contributed by atoms with E-state index in [1.165, 1.54) is 18.7 Å². The molecule has 0 bridgehead atoms. The molecular formula is C17H17BrN2O2S. The second-order valence-corrected chi connectivity index (χ2v) is 6.94. The average Bonchev–Trinajstić information content (AvgIpc) is 2.46. The zero-order chi connectivity index (χ0) is 16.8. The van der Waals surface area contributed by atoms with Gasteiger partial charge in [0.05, 0.1) is 5.75 Å². The molecule has 6 heteroatoms. The van der Waals surface area contributed by atoms with Crippen molar-refractivity contribution in [2.75, 3.05) is 16.4 Å². The van der Waals surface area contributed by atoms with Crippen molar-refractivity contribution in [3.8, 4) is 0 Å². The zero-order valence-electron chi connectivity index (χ0n) is 12.9. The van der Waals surface area contributed by atoms with E-state index in [2.05, 4.69) is 26.6 Å². The number of hydrogen-bond donors (Lipinski definition) is 2. The maximum absolute atomic E-state index is 12.1. The summed E-state index contributed by atoms with van der Waals surface area (Å²) in [5.41, 5.74) is 2.45. The molecule has 4 nitrogen and oxygen atoms in total. The highest BCUT2D eigenvalue weighted by Gasteiger charge is 2.07. The predicted octanol–water partition coefficient (Wildman–Crippen LogP) is 4.45. The van der Waals surface area contributed by atoms with Gasteiger partial charge in [-0.15, -0.1) is 11.8 Å². The van der Waals surface area contributed by atoms with Gasteiger partial charge < -0.3 is 10.6 Å². The van der Waals surface area contributed by atoms with Gasteiger partial charge in [0, 0.05) is 27.7 Å². The second-order valence-electron chi connectivity index (χ2n) is 5.01. The van der Waals surface area contributed by atoms with E-state index in [1.54, 1.807) is 24.3 Å². The summed E-state index contributed by atoms with van der Waals surface area (Å²) in [6, 6.07) is 13.1. The van der Waals surface area contributed by atoms with E-state index in [9.17, 15) is 9.59 Å². The van der Waals surface area contributed by atoms with Gasteiger partial charge in [0.15, 0.2) is 0 Å². The van der Waals surface area contributed by atoms with Gasteiger partial charge in [0.1, 0.15) is 0 Å². The number of amides is 2. The molecule has 2 amide bonds. The molecule has 0 fully saturated rings. The smallest absolute Gasteiger partial charge is 0.234 e. The molecule has 23 heavy (non-hydrogen) atoms. The van der Waals surface area contributed by atoms with Crippen LogP contribution in [-0.2, 0) is 9.59 Å². The second kappa shape index (κ2) is 8.17. The van der Waals surface area contributed by atoms with Crippen LogP contribution in [0.2, 0.25) is 0 Å². The lowest BCUT2D eigenvalue weighted by Crippen LogP contribution is -2.14. The Kier molecular flexibility index (Phi) is 6.24. The lowest BCUT2D eigenvalue weighted by atomic mass is 10.2. The third-order valence-corrected chi connectivity index (χ3v) is 4.63. The Bertz CT molecular complexity index is 734. The molecule has 0 radical (unpaired) electrons. The molecule has 120 valence electrons. The maximum atomic E-state index is 12.1. The number of halogens is 1. The van der Waals surface area contributed by atoms with Crippen molar-refractivity contribution in [2.45, 2.75) is 18.7 Å². The first-order valence-corrected chi connectivity index (χ1v) is 8.78.